The summed E-state index contributed by atoms with van der Waals surface area (Å²) in [5, 5.41) is 15.9. The molecule has 0 spiro atoms. The van der Waals surface area contributed by atoms with Crippen LogP contribution in [0.2, 0.25) is 0 Å². The zero-order valence-electron chi connectivity index (χ0n) is 17.6. The Morgan fingerprint density at radius 3 is 2.53 bits per heavy atom. The van der Waals surface area contributed by atoms with Gasteiger partial charge in [-0.2, -0.15) is 14.8 Å². The summed E-state index contributed by atoms with van der Waals surface area (Å²) in [5.41, 5.74) is 8.64. The van der Waals surface area contributed by atoms with Gasteiger partial charge in [-0.15, -0.1) is 0 Å². The fraction of sp³-hybridized carbons (Fsp3) is 0.280. The third-order valence-electron chi connectivity index (χ3n) is 6.61. The van der Waals surface area contributed by atoms with Gasteiger partial charge in [-0.1, -0.05) is 24.3 Å². The molecule has 0 bridgehead atoms. The molecule has 7 nitrogen and oxygen atoms in total. The third kappa shape index (κ3) is 3.07. The number of aryl methyl sites for hydroxylation is 2. The van der Waals surface area contributed by atoms with E-state index in [2.05, 4.69) is 32.5 Å². The molecule has 0 radical (unpaired) electrons. The Hall–Kier alpha value is -3.92. The third-order valence-corrected chi connectivity index (χ3v) is 6.61. The van der Waals surface area contributed by atoms with Crippen molar-refractivity contribution in [2.45, 2.75) is 44.9 Å². The van der Waals surface area contributed by atoms with Crippen molar-refractivity contribution in [3.8, 4) is 6.07 Å². The first-order chi connectivity index (χ1) is 15.7. The van der Waals surface area contributed by atoms with Gasteiger partial charge in [0.2, 0.25) is 5.95 Å². The summed E-state index contributed by atoms with van der Waals surface area (Å²) in [6, 6.07) is 13.5. The molecule has 158 valence electrons. The fourth-order valence-electron chi connectivity index (χ4n) is 5.14. The van der Waals surface area contributed by atoms with E-state index < -0.39 is 0 Å². The minimum absolute atomic E-state index is 0.219. The van der Waals surface area contributed by atoms with Crippen LogP contribution in [0.3, 0.4) is 0 Å². The largest absolute Gasteiger partial charge is 0.324 e. The van der Waals surface area contributed by atoms with Crippen LogP contribution in [0.15, 0.2) is 41.2 Å². The molecule has 2 N–H and O–H groups in total. The Labute approximate surface area is 184 Å². The van der Waals surface area contributed by atoms with E-state index in [9.17, 15) is 10.1 Å². The average molecular weight is 422 g/mol. The summed E-state index contributed by atoms with van der Waals surface area (Å²) in [4.78, 5) is 21.9. The van der Waals surface area contributed by atoms with Crippen LogP contribution in [0.4, 0.5) is 11.6 Å². The minimum Gasteiger partial charge on any atom is -0.324 e. The maximum Gasteiger partial charge on any atom is 0.274 e. The van der Waals surface area contributed by atoms with Crippen molar-refractivity contribution in [2.24, 2.45) is 0 Å². The van der Waals surface area contributed by atoms with Gasteiger partial charge in [0.15, 0.2) is 0 Å². The van der Waals surface area contributed by atoms with Gasteiger partial charge in [0.25, 0.3) is 11.3 Å². The predicted molar refractivity (Wildman–Crippen MR) is 121 cm³/mol. The molecule has 32 heavy (non-hydrogen) atoms. The van der Waals surface area contributed by atoms with E-state index in [1.54, 1.807) is 6.07 Å². The molecular weight excluding hydrogens is 400 g/mol. The van der Waals surface area contributed by atoms with E-state index in [0.717, 1.165) is 31.2 Å². The van der Waals surface area contributed by atoms with Crippen LogP contribution in [-0.2, 0) is 32.1 Å². The molecular formula is C25H22N6O. The van der Waals surface area contributed by atoms with E-state index in [1.807, 2.05) is 18.2 Å². The Morgan fingerprint density at radius 1 is 1.03 bits per heavy atom. The summed E-state index contributed by atoms with van der Waals surface area (Å²) >= 11 is 0. The summed E-state index contributed by atoms with van der Waals surface area (Å²) in [6.45, 7) is 0. The highest BCUT2D eigenvalue weighted by atomic mass is 16.1. The molecule has 2 aromatic carbocycles. The van der Waals surface area contributed by atoms with Crippen molar-refractivity contribution in [3.05, 3.63) is 85.8 Å². The van der Waals surface area contributed by atoms with E-state index in [1.165, 1.54) is 51.4 Å². The monoisotopic (exact) mass is 422 g/mol. The van der Waals surface area contributed by atoms with Crippen molar-refractivity contribution in [1.82, 2.24) is 19.6 Å². The van der Waals surface area contributed by atoms with Gasteiger partial charge < -0.3 is 5.32 Å². The molecule has 0 fully saturated rings. The first kappa shape index (κ1) is 18.8. The Bertz CT molecular complexity index is 1440. The first-order valence-corrected chi connectivity index (χ1v) is 11.1. The van der Waals surface area contributed by atoms with Gasteiger partial charge >= 0.3 is 0 Å². The van der Waals surface area contributed by atoms with Gasteiger partial charge in [-0.25, -0.2) is 4.98 Å². The maximum atomic E-state index is 12.7. The molecule has 0 saturated heterocycles. The Balaban J connectivity index is 1.37. The molecule has 2 heterocycles. The van der Waals surface area contributed by atoms with E-state index in [-0.39, 0.29) is 5.56 Å². The lowest BCUT2D eigenvalue weighted by atomic mass is 9.99. The molecule has 0 saturated carbocycles. The van der Waals surface area contributed by atoms with Crippen LogP contribution in [0.1, 0.15) is 51.9 Å². The van der Waals surface area contributed by atoms with Crippen molar-refractivity contribution >= 4 is 17.4 Å². The van der Waals surface area contributed by atoms with Gasteiger partial charge in [-0.3, -0.25) is 9.89 Å². The molecule has 2 aliphatic carbocycles. The van der Waals surface area contributed by atoms with Crippen LogP contribution in [0.5, 0.6) is 0 Å². The van der Waals surface area contributed by atoms with Crippen LogP contribution in [0.25, 0.3) is 5.78 Å². The van der Waals surface area contributed by atoms with Crippen molar-refractivity contribution in [1.29, 1.82) is 5.26 Å². The van der Waals surface area contributed by atoms with E-state index >= 15 is 0 Å². The van der Waals surface area contributed by atoms with Crippen LogP contribution >= 0.6 is 0 Å². The fourth-order valence-corrected chi connectivity index (χ4v) is 5.14. The Morgan fingerprint density at radius 2 is 1.78 bits per heavy atom. The number of aromatic nitrogens is 4. The number of aromatic amines is 1. The van der Waals surface area contributed by atoms with Crippen molar-refractivity contribution in [2.75, 3.05) is 5.32 Å². The molecule has 2 aromatic heterocycles. The standard InChI is InChI=1S/C25H22N6O/c26-14-18-6-2-1-5-15(18)12-19-13-22(32)31-25(27-19)29-24(30-31)28-23-20-9-3-7-16(20)11-17-8-4-10-21(17)23/h1-2,5-6,11,13H,3-4,7-10,12H2,(H2,27,28,29,30). The smallest absolute Gasteiger partial charge is 0.274 e. The molecule has 0 aliphatic heterocycles. The highest BCUT2D eigenvalue weighted by molar-refractivity contribution is 5.70. The summed E-state index contributed by atoms with van der Waals surface area (Å²) in [5.74, 6) is 0.854. The molecule has 0 unspecified atom stereocenters. The molecule has 4 aromatic rings. The van der Waals surface area contributed by atoms with Crippen molar-refractivity contribution in [3.63, 3.8) is 0 Å². The number of benzene rings is 2. The lowest BCUT2D eigenvalue weighted by molar-refractivity contribution is 0.880. The Kier molecular flexibility index (Phi) is 4.32. The highest BCUT2D eigenvalue weighted by Gasteiger charge is 2.24. The second kappa shape index (κ2) is 7.34. The van der Waals surface area contributed by atoms with Gasteiger partial charge in [0, 0.05) is 18.2 Å². The number of H-pyrrole nitrogens is 1. The molecule has 2 aliphatic rings. The lowest BCUT2D eigenvalue weighted by Gasteiger charge is -2.15. The number of anilines is 2. The number of fused-ring (bicyclic) bond motifs is 3. The van der Waals surface area contributed by atoms with Crippen LogP contribution in [0, 0.1) is 11.3 Å². The second-order valence-electron chi connectivity index (χ2n) is 8.60. The second-order valence-corrected chi connectivity index (χ2v) is 8.60. The average Bonchev–Trinajstić information content (AvgIpc) is 3.53. The zero-order valence-corrected chi connectivity index (χ0v) is 17.6. The quantitative estimate of drug-likeness (QED) is 0.524. The van der Waals surface area contributed by atoms with Crippen LogP contribution in [-0.4, -0.2) is 19.6 Å². The summed E-state index contributed by atoms with van der Waals surface area (Å²) in [6.07, 6.45) is 7.18. The van der Waals surface area contributed by atoms with Gasteiger partial charge in [0.05, 0.1) is 17.3 Å². The lowest BCUT2D eigenvalue weighted by Crippen LogP contribution is -2.16. The zero-order chi connectivity index (χ0) is 21.7. The predicted octanol–water partition coefficient (Wildman–Crippen LogP) is 3.60. The minimum atomic E-state index is -0.219. The normalized spacial score (nSPS) is 14.3. The van der Waals surface area contributed by atoms with Gasteiger partial charge in [-0.05, 0) is 72.4 Å². The first-order valence-electron chi connectivity index (χ1n) is 11.1. The molecule has 0 amide bonds. The number of nitrogens with one attached hydrogen (secondary N) is 2. The number of nitriles is 1. The number of rotatable bonds is 4. The number of hydrogen-bond donors (Lipinski definition) is 2. The number of nitrogens with zero attached hydrogens (tertiary/aromatic N) is 4. The van der Waals surface area contributed by atoms with Crippen LogP contribution < -0.4 is 10.9 Å². The highest BCUT2D eigenvalue weighted by Crippen LogP contribution is 2.39. The maximum absolute atomic E-state index is 12.7. The van der Waals surface area contributed by atoms with Gasteiger partial charge in [0.1, 0.15) is 0 Å². The molecule has 0 atom stereocenters. The SMILES string of the molecule is N#Cc1ccccc1Cc1cc(=O)n2[nH]c(Nc3c4c(cc5c3CCC5)CCC4)nc2n1. The van der Waals surface area contributed by atoms with Crippen molar-refractivity contribution < 1.29 is 0 Å². The summed E-state index contributed by atoms with van der Waals surface area (Å²) < 4.78 is 1.37. The topological polar surface area (TPSA) is 98.9 Å². The molecule has 7 heteroatoms. The summed E-state index contributed by atoms with van der Waals surface area (Å²) in [7, 11) is 0. The van der Waals surface area contributed by atoms with E-state index in [4.69, 9.17) is 0 Å². The number of hydrogen-bond acceptors (Lipinski definition) is 5. The van der Waals surface area contributed by atoms with E-state index in [0.29, 0.717) is 29.4 Å². The molecule has 6 rings (SSSR count).